The highest BCUT2D eigenvalue weighted by Gasteiger charge is 2.35. The summed E-state index contributed by atoms with van der Waals surface area (Å²) in [5.74, 6) is 0.776. The molecule has 0 atom stereocenters. The summed E-state index contributed by atoms with van der Waals surface area (Å²) in [5, 5.41) is 9.21. The average molecular weight is 179 g/mol. The van der Waals surface area contributed by atoms with Gasteiger partial charge in [0.1, 0.15) is 0 Å². The molecule has 0 aromatic heterocycles. The first-order chi connectivity index (χ1) is 6.26. The molecule has 0 amide bonds. The monoisotopic (exact) mass is 179 g/mol. The van der Waals surface area contributed by atoms with Crippen LogP contribution in [0.5, 0.6) is 0 Å². The van der Waals surface area contributed by atoms with Gasteiger partial charge in [0, 0.05) is 0 Å². The second kappa shape index (κ2) is 4.65. The lowest BCUT2D eigenvalue weighted by atomic mass is 9.77. The molecule has 1 nitrogen and oxygen atoms in total. The molecule has 0 N–H and O–H groups in total. The molecule has 1 aliphatic carbocycles. The lowest BCUT2D eigenvalue weighted by Gasteiger charge is -2.25. The number of hydrogen-bond donors (Lipinski definition) is 0. The third kappa shape index (κ3) is 2.46. The first kappa shape index (κ1) is 10.6. The van der Waals surface area contributed by atoms with E-state index < -0.39 is 0 Å². The van der Waals surface area contributed by atoms with Gasteiger partial charge >= 0.3 is 0 Å². The minimum Gasteiger partial charge on any atom is -0.198 e. The summed E-state index contributed by atoms with van der Waals surface area (Å²) in [6, 6.07) is 2.58. The largest absolute Gasteiger partial charge is 0.198 e. The van der Waals surface area contributed by atoms with Crippen LogP contribution in [-0.2, 0) is 0 Å². The number of rotatable bonds is 4. The highest BCUT2D eigenvalue weighted by molar-refractivity contribution is 5.02. The zero-order valence-electron chi connectivity index (χ0n) is 8.97. The molecule has 1 aliphatic rings. The molecule has 0 saturated heterocycles. The quantitative estimate of drug-likeness (QED) is 0.642. The fraction of sp³-hybridized carbons (Fsp3) is 0.917. The Balaban J connectivity index is 2.53. The molecule has 0 bridgehead atoms. The van der Waals surface area contributed by atoms with Gasteiger partial charge in [-0.05, 0) is 25.2 Å². The fourth-order valence-electron chi connectivity index (χ4n) is 2.54. The summed E-state index contributed by atoms with van der Waals surface area (Å²) in [6.45, 7) is 4.49. The van der Waals surface area contributed by atoms with Crippen LogP contribution in [0.4, 0.5) is 0 Å². The smallest absolute Gasteiger partial charge is 0.0689 e. The van der Waals surface area contributed by atoms with E-state index in [0.717, 1.165) is 25.2 Å². The van der Waals surface area contributed by atoms with Crippen molar-refractivity contribution in [3.63, 3.8) is 0 Å². The van der Waals surface area contributed by atoms with Crippen LogP contribution in [-0.4, -0.2) is 0 Å². The summed E-state index contributed by atoms with van der Waals surface area (Å²) in [6.07, 6.45) is 8.47. The zero-order valence-corrected chi connectivity index (χ0v) is 8.97. The lowest BCUT2D eigenvalue weighted by molar-refractivity contribution is 0.284. The van der Waals surface area contributed by atoms with Crippen LogP contribution in [0.2, 0.25) is 0 Å². The van der Waals surface area contributed by atoms with Crippen molar-refractivity contribution in [1.29, 1.82) is 5.26 Å². The second-order valence-electron chi connectivity index (χ2n) is 4.49. The van der Waals surface area contributed by atoms with Crippen LogP contribution >= 0.6 is 0 Å². The van der Waals surface area contributed by atoms with Crippen molar-refractivity contribution in [2.75, 3.05) is 0 Å². The van der Waals surface area contributed by atoms with Gasteiger partial charge in [0.25, 0.3) is 0 Å². The van der Waals surface area contributed by atoms with Crippen molar-refractivity contribution in [3.05, 3.63) is 0 Å². The van der Waals surface area contributed by atoms with E-state index in [2.05, 4.69) is 19.9 Å². The van der Waals surface area contributed by atoms with Gasteiger partial charge in [0.15, 0.2) is 0 Å². The second-order valence-corrected chi connectivity index (χ2v) is 4.49. The van der Waals surface area contributed by atoms with Crippen LogP contribution in [0.25, 0.3) is 0 Å². The van der Waals surface area contributed by atoms with E-state index >= 15 is 0 Å². The van der Waals surface area contributed by atoms with Gasteiger partial charge in [-0.25, -0.2) is 0 Å². The molecule has 1 rings (SSSR count). The number of hydrogen-bond acceptors (Lipinski definition) is 1. The highest BCUT2D eigenvalue weighted by Crippen LogP contribution is 2.43. The van der Waals surface area contributed by atoms with Gasteiger partial charge in [-0.2, -0.15) is 5.26 Å². The van der Waals surface area contributed by atoms with Gasteiger partial charge in [0.05, 0.1) is 11.5 Å². The maximum absolute atomic E-state index is 9.21. The van der Waals surface area contributed by atoms with Crippen LogP contribution in [0.15, 0.2) is 0 Å². The van der Waals surface area contributed by atoms with Crippen molar-refractivity contribution in [2.45, 2.75) is 58.8 Å². The maximum atomic E-state index is 9.21. The first-order valence-electron chi connectivity index (χ1n) is 5.67. The number of nitriles is 1. The van der Waals surface area contributed by atoms with Crippen molar-refractivity contribution in [1.82, 2.24) is 0 Å². The minimum absolute atomic E-state index is 0.0662. The van der Waals surface area contributed by atoms with Crippen LogP contribution in [0, 0.1) is 22.7 Å². The van der Waals surface area contributed by atoms with Crippen LogP contribution in [0.3, 0.4) is 0 Å². The molecule has 0 unspecified atom stereocenters. The standard InChI is InChI=1S/C12H21N/c1-3-11(4-2)9-12(10-13)7-5-6-8-12/h11H,3-9H2,1-2H3. The lowest BCUT2D eigenvalue weighted by Crippen LogP contribution is -2.18. The van der Waals surface area contributed by atoms with E-state index in [1.165, 1.54) is 25.7 Å². The molecule has 0 aromatic rings. The normalized spacial score (nSPS) is 20.5. The van der Waals surface area contributed by atoms with Crippen LogP contribution in [0.1, 0.15) is 58.8 Å². The van der Waals surface area contributed by atoms with Gasteiger partial charge < -0.3 is 0 Å². The van der Waals surface area contributed by atoms with Gasteiger partial charge in [0.2, 0.25) is 0 Å². The summed E-state index contributed by atoms with van der Waals surface area (Å²) in [4.78, 5) is 0. The molecule has 0 aliphatic heterocycles. The topological polar surface area (TPSA) is 23.8 Å². The van der Waals surface area contributed by atoms with Gasteiger partial charge in [-0.3, -0.25) is 0 Å². The summed E-state index contributed by atoms with van der Waals surface area (Å²) >= 11 is 0. The third-order valence-corrected chi connectivity index (χ3v) is 3.63. The van der Waals surface area contributed by atoms with E-state index in [1.54, 1.807) is 0 Å². The Bertz CT molecular complexity index is 180. The predicted molar refractivity (Wildman–Crippen MR) is 55.2 cm³/mol. The molecule has 13 heavy (non-hydrogen) atoms. The Morgan fingerprint density at radius 3 is 2.15 bits per heavy atom. The Labute approximate surface area is 82.1 Å². The van der Waals surface area contributed by atoms with E-state index in [1.807, 2.05) is 0 Å². The molecule has 0 aromatic carbocycles. The Kier molecular flexibility index (Phi) is 3.78. The molecule has 0 heterocycles. The molecular weight excluding hydrogens is 158 g/mol. The van der Waals surface area contributed by atoms with Crippen molar-refractivity contribution in [2.24, 2.45) is 11.3 Å². The van der Waals surface area contributed by atoms with Crippen molar-refractivity contribution in [3.8, 4) is 6.07 Å². The van der Waals surface area contributed by atoms with Crippen molar-refractivity contribution >= 4 is 0 Å². The van der Waals surface area contributed by atoms with Gasteiger partial charge in [-0.15, -0.1) is 0 Å². The van der Waals surface area contributed by atoms with E-state index in [-0.39, 0.29) is 5.41 Å². The summed E-state index contributed by atoms with van der Waals surface area (Å²) < 4.78 is 0. The molecule has 1 heteroatoms. The van der Waals surface area contributed by atoms with E-state index in [4.69, 9.17) is 0 Å². The molecule has 1 saturated carbocycles. The van der Waals surface area contributed by atoms with Crippen LogP contribution < -0.4 is 0 Å². The fourth-order valence-corrected chi connectivity index (χ4v) is 2.54. The SMILES string of the molecule is CCC(CC)CC1(C#N)CCCC1. The first-order valence-corrected chi connectivity index (χ1v) is 5.67. The maximum Gasteiger partial charge on any atom is 0.0689 e. The molecule has 1 fully saturated rings. The van der Waals surface area contributed by atoms with Gasteiger partial charge in [-0.1, -0.05) is 39.5 Å². The molecule has 0 radical (unpaired) electrons. The minimum atomic E-state index is 0.0662. The average Bonchev–Trinajstić information content (AvgIpc) is 2.63. The summed E-state index contributed by atoms with van der Waals surface area (Å²) in [7, 11) is 0. The van der Waals surface area contributed by atoms with E-state index in [0.29, 0.717) is 0 Å². The Morgan fingerprint density at radius 2 is 1.77 bits per heavy atom. The predicted octanol–water partition coefficient (Wildman–Crippen LogP) is 3.90. The van der Waals surface area contributed by atoms with E-state index in [9.17, 15) is 5.26 Å². The molecular formula is C12H21N. The third-order valence-electron chi connectivity index (χ3n) is 3.63. The zero-order chi connectivity index (χ0) is 9.73. The molecule has 0 spiro atoms. The van der Waals surface area contributed by atoms with Crippen molar-refractivity contribution < 1.29 is 0 Å². The Hall–Kier alpha value is -0.510. The highest BCUT2D eigenvalue weighted by atomic mass is 14.4. The Morgan fingerprint density at radius 1 is 1.23 bits per heavy atom. The number of nitrogens with zero attached hydrogens (tertiary/aromatic N) is 1. The summed E-state index contributed by atoms with van der Waals surface area (Å²) in [5.41, 5.74) is 0.0662. The molecule has 74 valence electrons.